The molecule has 5 heteroatoms. The number of amides is 1. The molecule has 4 nitrogen and oxygen atoms in total. The lowest BCUT2D eigenvalue weighted by molar-refractivity contribution is 0.0780. The van der Waals surface area contributed by atoms with Crippen LogP contribution in [0.15, 0.2) is 18.3 Å². The van der Waals surface area contributed by atoms with E-state index in [0.717, 1.165) is 36.2 Å². The molecule has 2 fully saturated rings. The highest BCUT2D eigenvalue weighted by Crippen LogP contribution is 2.38. The van der Waals surface area contributed by atoms with Gasteiger partial charge in [0.05, 0.1) is 5.69 Å². The van der Waals surface area contributed by atoms with Crippen LogP contribution in [0.5, 0.6) is 0 Å². The molecule has 1 aromatic rings. The first-order valence-corrected chi connectivity index (χ1v) is 6.72. The third kappa shape index (κ3) is 2.74. The van der Waals surface area contributed by atoms with Gasteiger partial charge in [-0.25, -0.2) is 0 Å². The molecule has 0 bridgehead atoms. The highest BCUT2D eigenvalue weighted by molar-refractivity contribution is 5.94. The lowest BCUT2D eigenvalue weighted by Crippen LogP contribution is -2.29. The second kappa shape index (κ2) is 5.88. The van der Waals surface area contributed by atoms with E-state index >= 15 is 0 Å². The van der Waals surface area contributed by atoms with E-state index in [1.807, 2.05) is 11.0 Å². The van der Waals surface area contributed by atoms with Crippen molar-refractivity contribution < 1.29 is 4.79 Å². The van der Waals surface area contributed by atoms with Gasteiger partial charge in [0, 0.05) is 31.4 Å². The Morgan fingerprint density at radius 2 is 2.05 bits per heavy atom. The number of carbonyl (C=O) groups excluding carboxylic acids is 1. The maximum Gasteiger partial charge on any atom is 0.253 e. The van der Waals surface area contributed by atoms with Crippen LogP contribution in [0.1, 0.15) is 35.3 Å². The van der Waals surface area contributed by atoms with Gasteiger partial charge < -0.3 is 10.6 Å². The van der Waals surface area contributed by atoms with Crippen LogP contribution in [0.3, 0.4) is 0 Å². The highest BCUT2D eigenvalue weighted by Gasteiger charge is 2.38. The minimum Gasteiger partial charge on any atom is -0.338 e. The Kier molecular flexibility index (Phi) is 4.42. The molecule has 2 N–H and O–H groups in total. The van der Waals surface area contributed by atoms with Crippen LogP contribution < -0.4 is 5.73 Å². The van der Waals surface area contributed by atoms with Crippen molar-refractivity contribution in [1.29, 1.82) is 0 Å². The van der Waals surface area contributed by atoms with Gasteiger partial charge in [-0.05, 0) is 36.8 Å². The lowest BCUT2D eigenvalue weighted by atomic mass is 10.0. The molecule has 1 saturated carbocycles. The van der Waals surface area contributed by atoms with Gasteiger partial charge in [0.15, 0.2) is 0 Å². The van der Waals surface area contributed by atoms with E-state index in [0.29, 0.717) is 6.54 Å². The summed E-state index contributed by atoms with van der Waals surface area (Å²) in [5, 5.41) is 0. The Labute approximate surface area is 119 Å². The van der Waals surface area contributed by atoms with E-state index in [9.17, 15) is 4.79 Å². The average Bonchev–Trinajstić information content (AvgIpc) is 2.98. The van der Waals surface area contributed by atoms with Crippen molar-refractivity contribution in [3.05, 3.63) is 29.6 Å². The van der Waals surface area contributed by atoms with Crippen molar-refractivity contribution in [1.82, 2.24) is 9.88 Å². The van der Waals surface area contributed by atoms with E-state index in [1.165, 1.54) is 19.3 Å². The molecule has 0 aromatic carbocycles. The summed E-state index contributed by atoms with van der Waals surface area (Å²) in [4.78, 5) is 18.5. The number of fused-ring (bicyclic) bond motifs is 1. The predicted octanol–water partition coefficient (Wildman–Crippen LogP) is 1.83. The number of hydrogen-bond acceptors (Lipinski definition) is 3. The standard InChI is InChI=1S/C14H19N3O.ClH/c15-7-13-6-10(4-5-16-13)14(18)17-8-11-2-1-3-12(11)9-17;/h4-6,11-12H,1-3,7-9,15H2;1H. The topological polar surface area (TPSA) is 59.2 Å². The predicted molar refractivity (Wildman–Crippen MR) is 76.1 cm³/mol. The van der Waals surface area contributed by atoms with Crippen molar-refractivity contribution in [3.8, 4) is 0 Å². The Bertz CT molecular complexity index is 454. The van der Waals surface area contributed by atoms with Crippen molar-refractivity contribution in [3.63, 3.8) is 0 Å². The summed E-state index contributed by atoms with van der Waals surface area (Å²) in [6, 6.07) is 3.60. The fourth-order valence-electron chi connectivity index (χ4n) is 3.31. The number of pyridine rings is 1. The Morgan fingerprint density at radius 1 is 1.37 bits per heavy atom. The zero-order valence-corrected chi connectivity index (χ0v) is 11.7. The molecule has 1 aliphatic carbocycles. The van der Waals surface area contributed by atoms with Gasteiger partial charge in [-0.15, -0.1) is 12.4 Å². The van der Waals surface area contributed by atoms with Crippen LogP contribution in [0.25, 0.3) is 0 Å². The molecule has 1 amide bonds. The molecule has 2 heterocycles. The van der Waals surface area contributed by atoms with Gasteiger partial charge in [-0.1, -0.05) is 6.42 Å². The molecule has 1 saturated heterocycles. The van der Waals surface area contributed by atoms with E-state index in [4.69, 9.17) is 5.73 Å². The monoisotopic (exact) mass is 281 g/mol. The normalized spacial score (nSPS) is 25.0. The number of nitrogens with two attached hydrogens (primary N) is 1. The van der Waals surface area contributed by atoms with Crippen LogP contribution in [0, 0.1) is 11.8 Å². The number of nitrogens with zero attached hydrogens (tertiary/aromatic N) is 2. The molecule has 0 radical (unpaired) electrons. The second-order valence-electron chi connectivity index (χ2n) is 5.40. The fraction of sp³-hybridized carbons (Fsp3) is 0.571. The van der Waals surface area contributed by atoms with Gasteiger partial charge in [0.25, 0.3) is 5.91 Å². The largest absolute Gasteiger partial charge is 0.338 e. The molecule has 3 rings (SSSR count). The maximum atomic E-state index is 12.4. The third-order valence-corrected chi connectivity index (χ3v) is 4.29. The average molecular weight is 282 g/mol. The molecule has 19 heavy (non-hydrogen) atoms. The lowest BCUT2D eigenvalue weighted by Gasteiger charge is -2.17. The van der Waals surface area contributed by atoms with Crippen LogP contribution in [-0.2, 0) is 6.54 Å². The molecule has 1 aromatic heterocycles. The van der Waals surface area contributed by atoms with Crippen LogP contribution in [0.2, 0.25) is 0 Å². The molecule has 104 valence electrons. The van der Waals surface area contributed by atoms with E-state index in [2.05, 4.69) is 4.98 Å². The Morgan fingerprint density at radius 3 is 2.68 bits per heavy atom. The van der Waals surface area contributed by atoms with E-state index in [1.54, 1.807) is 12.3 Å². The number of hydrogen-bond donors (Lipinski definition) is 1. The zero-order chi connectivity index (χ0) is 12.5. The number of likely N-dealkylation sites (tertiary alicyclic amines) is 1. The number of aromatic nitrogens is 1. The summed E-state index contributed by atoms with van der Waals surface area (Å²) < 4.78 is 0. The number of rotatable bonds is 2. The SMILES string of the molecule is Cl.NCc1cc(C(=O)N2CC3CCCC3C2)ccn1. The summed E-state index contributed by atoms with van der Waals surface area (Å²) in [5.74, 6) is 1.62. The summed E-state index contributed by atoms with van der Waals surface area (Å²) in [6.07, 6.45) is 5.59. The van der Waals surface area contributed by atoms with Gasteiger partial charge in [0.2, 0.25) is 0 Å². The summed E-state index contributed by atoms with van der Waals surface area (Å²) in [5.41, 5.74) is 7.06. The quantitative estimate of drug-likeness (QED) is 0.900. The molecule has 2 aliphatic rings. The zero-order valence-electron chi connectivity index (χ0n) is 10.9. The van der Waals surface area contributed by atoms with Gasteiger partial charge in [-0.3, -0.25) is 9.78 Å². The molecule has 0 spiro atoms. The summed E-state index contributed by atoms with van der Waals surface area (Å²) in [7, 11) is 0. The van der Waals surface area contributed by atoms with Crippen LogP contribution in [-0.4, -0.2) is 28.9 Å². The van der Waals surface area contributed by atoms with Crippen molar-refractivity contribution in [2.45, 2.75) is 25.8 Å². The second-order valence-corrected chi connectivity index (χ2v) is 5.40. The minimum atomic E-state index is 0. The molecule has 2 atom stereocenters. The first-order chi connectivity index (χ1) is 8.78. The Balaban J connectivity index is 0.00000133. The van der Waals surface area contributed by atoms with E-state index in [-0.39, 0.29) is 18.3 Å². The minimum absolute atomic E-state index is 0. The first kappa shape index (κ1) is 14.3. The van der Waals surface area contributed by atoms with E-state index < -0.39 is 0 Å². The Hall–Kier alpha value is -1.13. The summed E-state index contributed by atoms with van der Waals surface area (Å²) in [6.45, 7) is 2.25. The van der Waals surface area contributed by atoms with Crippen LogP contribution >= 0.6 is 12.4 Å². The van der Waals surface area contributed by atoms with Gasteiger partial charge in [-0.2, -0.15) is 0 Å². The fourth-order valence-corrected chi connectivity index (χ4v) is 3.31. The first-order valence-electron chi connectivity index (χ1n) is 6.72. The third-order valence-electron chi connectivity index (χ3n) is 4.29. The molecular formula is C14H20ClN3O. The van der Waals surface area contributed by atoms with Crippen molar-refractivity contribution in [2.24, 2.45) is 17.6 Å². The summed E-state index contributed by atoms with van der Waals surface area (Å²) >= 11 is 0. The van der Waals surface area contributed by atoms with Crippen molar-refractivity contribution >= 4 is 18.3 Å². The molecule has 1 aliphatic heterocycles. The number of halogens is 1. The number of carbonyl (C=O) groups is 1. The van der Waals surface area contributed by atoms with Crippen molar-refractivity contribution in [2.75, 3.05) is 13.1 Å². The smallest absolute Gasteiger partial charge is 0.253 e. The van der Waals surface area contributed by atoms with Crippen LogP contribution in [0.4, 0.5) is 0 Å². The maximum absolute atomic E-state index is 12.4. The molecule has 2 unspecified atom stereocenters. The van der Waals surface area contributed by atoms with Gasteiger partial charge >= 0.3 is 0 Å². The van der Waals surface area contributed by atoms with Gasteiger partial charge in [0.1, 0.15) is 0 Å². The molecular weight excluding hydrogens is 262 g/mol. The highest BCUT2D eigenvalue weighted by atomic mass is 35.5.